The third-order valence-corrected chi connectivity index (χ3v) is 3.38. The van der Waals surface area contributed by atoms with Gasteiger partial charge >= 0.3 is 0 Å². The molecule has 4 N–H and O–H groups in total. The summed E-state index contributed by atoms with van der Waals surface area (Å²) in [6, 6.07) is 7.19. The number of nitrogens with zero attached hydrogens (tertiary/aromatic N) is 2. The van der Waals surface area contributed by atoms with Crippen LogP contribution in [-0.2, 0) is 0 Å². The number of benzene rings is 1. The summed E-state index contributed by atoms with van der Waals surface area (Å²) in [7, 11) is 2.06. The molecular formula is C15H24N4O2. The molecule has 21 heavy (non-hydrogen) atoms. The second-order valence-electron chi connectivity index (χ2n) is 5.25. The van der Waals surface area contributed by atoms with Crippen LogP contribution in [0.15, 0.2) is 29.4 Å². The zero-order valence-electron chi connectivity index (χ0n) is 12.8. The minimum Gasteiger partial charge on any atom is -0.409 e. The fourth-order valence-corrected chi connectivity index (χ4v) is 1.77. The maximum absolute atomic E-state index is 12.0. The highest BCUT2D eigenvalue weighted by Gasteiger charge is 2.08. The molecule has 1 aromatic carbocycles. The third kappa shape index (κ3) is 5.43. The van der Waals surface area contributed by atoms with Gasteiger partial charge in [-0.2, -0.15) is 0 Å². The molecule has 0 bridgehead atoms. The number of nitrogens with two attached hydrogens (primary N) is 1. The second kappa shape index (κ2) is 8.26. The molecule has 0 radical (unpaired) electrons. The van der Waals surface area contributed by atoms with Gasteiger partial charge in [0, 0.05) is 23.7 Å². The molecule has 0 unspecified atom stereocenters. The van der Waals surface area contributed by atoms with Crippen molar-refractivity contribution in [1.29, 1.82) is 0 Å². The minimum atomic E-state index is -0.158. The van der Waals surface area contributed by atoms with Gasteiger partial charge in [-0.3, -0.25) is 4.79 Å². The van der Waals surface area contributed by atoms with E-state index < -0.39 is 0 Å². The van der Waals surface area contributed by atoms with Gasteiger partial charge in [-0.25, -0.2) is 0 Å². The number of carbonyl (C=O) groups excluding carboxylic acids is 1. The monoisotopic (exact) mass is 292 g/mol. The summed E-state index contributed by atoms with van der Waals surface area (Å²) in [6.45, 7) is 5.82. The molecule has 0 aliphatic rings. The molecule has 0 saturated carbocycles. The van der Waals surface area contributed by atoms with E-state index in [0.717, 1.165) is 13.0 Å². The Morgan fingerprint density at radius 2 is 2.10 bits per heavy atom. The maximum atomic E-state index is 12.0. The fraction of sp³-hybridized carbons (Fsp3) is 0.467. The van der Waals surface area contributed by atoms with E-state index in [2.05, 4.69) is 36.3 Å². The zero-order chi connectivity index (χ0) is 15.8. The lowest BCUT2D eigenvalue weighted by Crippen LogP contribution is -2.31. The van der Waals surface area contributed by atoms with Gasteiger partial charge in [-0.15, -0.1) is 0 Å². The Morgan fingerprint density at radius 3 is 2.71 bits per heavy atom. The van der Waals surface area contributed by atoms with Gasteiger partial charge in [-0.05, 0) is 46.0 Å². The Hall–Kier alpha value is -2.08. The van der Waals surface area contributed by atoms with E-state index >= 15 is 0 Å². The fourth-order valence-electron chi connectivity index (χ4n) is 1.77. The predicted octanol–water partition coefficient (Wildman–Crippen LogP) is 1.24. The van der Waals surface area contributed by atoms with Crippen molar-refractivity contribution in [3.8, 4) is 0 Å². The van der Waals surface area contributed by atoms with Crippen LogP contribution in [0.1, 0.15) is 36.2 Å². The number of amides is 1. The summed E-state index contributed by atoms with van der Waals surface area (Å²) < 4.78 is 0. The van der Waals surface area contributed by atoms with Crippen LogP contribution in [0, 0.1) is 0 Å². The van der Waals surface area contributed by atoms with Crippen molar-refractivity contribution >= 4 is 11.7 Å². The largest absolute Gasteiger partial charge is 0.409 e. The van der Waals surface area contributed by atoms with Gasteiger partial charge in [0.1, 0.15) is 0 Å². The number of nitrogens with one attached hydrogen (secondary N) is 1. The number of carbonyl (C=O) groups is 1. The summed E-state index contributed by atoms with van der Waals surface area (Å²) in [6.07, 6.45) is 0.889. The molecule has 116 valence electrons. The molecule has 0 saturated heterocycles. The van der Waals surface area contributed by atoms with E-state index in [-0.39, 0.29) is 11.7 Å². The minimum absolute atomic E-state index is 0.0109. The molecule has 0 aliphatic heterocycles. The molecule has 0 fully saturated rings. The highest BCUT2D eigenvalue weighted by molar-refractivity contribution is 6.01. The standard InChI is InChI=1S/C15H24N4O2/c1-11(2)19(3)9-5-8-17-15(20)13-7-4-6-12(10-13)14(16)18-21/h4,6-7,10-11,21H,5,8-9H2,1-3H3,(H2,16,18)(H,17,20). The summed E-state index contributed by atoms with van der Waals surface area (Å²) in [5.41, 5.74) is 6.52. The third-order valence-electron chi connectivity index (χ3n) is 3.38. The van der Waals surface area contributed by atoms with Gasteiger partial charge in [0.15, 0.2) is 5.84 Å². The van der Waals surface area contributed by atoms with E-state index in [1.54, 1.807) is 24.3 Å². The van der Waals surface area contributed by atoms with Gasteiger partial charge < -0.3 is 21.2 Å². The topological polar surface area (TPSA) is 91.0 Å². The molecule has 0 aromatic heterocycles. The zero-order valence-corrected chi connectivity index (χ0v) is 12.8. The van der Waals surface area contributed by atoms with Crippen LogP contribution in [-0.4, -0.2) is 48.0 Å². The summed E-state index contributed by atoms with van der Waals surface area (Å²) in [4.78, 5) is 14.2. The molecule has 6 nitrogen and oxygen atoms in total. The Labute approximate surface area is 125 Å². The molecule has 0 heterocycles. The van der Waals surface area contributed by atoms with E-state index in [0.29, 0.717) is 23.7 Å². The first-order valence-electron chi connectivity index (χ1n) is 7.02. The van der Waals surface area contributed by atoms with Gasteiger partial charge in [0.2, 0.25) is 0 Å². The van der Waals surface area contributed by atoms with E-state index in [9.17, 15) is 4.79 Å². The number of hydrogen-bond donors (Lipinski definition) is 3. The Morgan fingerprint density at radius 1 is 1.43 bits per heavy atom. The lowest BCUT2D eigenvalue weighted by Gasteiger charge is -2.20. The summed E-state index contributed by atoms with van der Waals surface area (Å²) in [5, 5.41) is 14.4. The normalized spacial score (nSPS) is 12.0. The molecular weight excluding hydrogens is 268 g/mol. The van der Waals surface area contributed by atoms with Crippen LogP contribution in [0.25, 0.3) is 0 Å². The second-order valence-corrected chi connectivity index (χ2v) is 5.25. The van der Waals surface area contributed by atoms with E-state index in [1.165, 1.54) is 0 Å². The molecule has 0 spiro atoms. The van der Waals surface area contributed by atoms with Gasteiger partial charge in [-0.1, -0.05) is 17.3 Å². The predicted molar refractivity (Wildman–Crippen MR) is 83.7 cm³/mol. The summed E-state index contributed by atoms with van der Waals surface area (Å²) in [5.74, 6) is -0.169. The van der Waals surface area contributed by atoms with Crippen molar-refractivity contribution in [2.45, 2.75) is 26.3 Å². The van der Waals surface area contributed by atoms with Crippen molar-refractivity contribution in [2.24, 2.45) is 10.9 Å². The molecule has 0 aliphatic carbocycles. The van der Waals surface area contributed by atoms with Crippen molar-refractivity contribution < 1.29 is 10.0 Å². The van der Waals surface area contributed by atoms with Gasteiger partial charge in [0.05, 0.1) is 0 Å². The summed E-state index contributed by atoms with van der Waals surface area (Å²) >= 11 is 0. The Balaban J connectivity index is 2.49. The molecule has 6 heteroatoms. The number of hydrogen-bond acceptors (Lipinski definition) is 4. The number of oxime groups is 1. The van der Waals surface area contributed by atoms with Crippen LogP contribution in [0.2, 0.25) is 0 Å². The first-order chi connectivity index (χ1) is 9.95. The lowest BCUT2D eigenvalue weighted by molar-refractivity contribution is 0.0951. The maximum Gasteiger partial charge on any atom is 0.251 e. The smallest absolute Gasteiger partial charge is 0.251 e. The number of amidine groups is 1. The average Bonchev–Trinajstić information content (AvgIpc) is 2.50. The highest BCUT2D eigenvalue weighted by atomic mass is 16.4. The first-order valence-corrected chi connectivity index (χ1v) is 7.02. The first kappa shape index (κ1) is 17.0. The van der Waals surface area contributed by atoms with Crippen LogP contribution in [0.5, 0.6) is 0 Å². The SMILES string of the molecule is CC(C)N(C)CCCNC(=O)c1cccc(/C(N)=N/O)c1. The van der Waals surface area contributed by atoms with Crippen molar-refractivity contribution in [1.82, 2.24) is 10.2 Å². The van der Waals surface area contributed by atoms with Crippen molar-refractivity contribution in [2.75, 3.05) is 20.1 Å². The average molecular weight is 292 g/mol. The molecule has 1 aromatic rings. The van der Waals surface area contributed by atoms with E-state index in [4.69, 9.17) is 10.9 Å². The molecule has 1 rings (SSSR count). The van der Waals surface area contributed by atoms with Crippen molar-refractivity contribution in [3.63, 3.8) is 0 Å². The van der Waals surface area contributed by atoms with Crippen LogP contribution >= 0.6 is 0 Å². The van der Waals surface area contributed by atoms with E-state index in [1.807, 2.05) is 0 Å². The van der Waals surface area contributed by atoms with Crippen LogP contribution in [0.4, 0.5) is 0 Å². The van der Waals surface area contributed by atoms with Crippen LogP contribution in [0.3, 0.4) is 0 Å². The quantitative estimate of drug-likeness (QED) is 0.232. The lowest BCUT2D eigenvalue weighted by atomic mass is 10.1. The van der Waals surface area contributed by atoms with Gasteiger partial charge in [0.25, 0.3) is 5.91 Å². The van der Waals surface area contributed by atoms with Crippen molar-refractivity contribution in [3.05, 3.63) is 35.4 Å². The van der Waals surface area contributed by atoms with Crippen LogP contribution < -0.4 is 11.1 Å². The highest BCUT2D eigenvalue weighted by Crippen LogP contribution is 2.05. The molecule has 0 atom stereocenters. The Bertz CT molecular complexity index is 500. The molecule has 1 amide bonds. The number of rotatable bonds is 7. The Kier molecular flexibility index (Phi) is 6.68.